The Labute approximate surface area is 68.9 Å². The third kappa shape index (κ3) is 1.01. The molecule has 0 radical (unpaired) electrons. The van der Waals surface area contributed by atoms with Crippen molar-refractivity contribution in [3.63, 3.8) is 0 Å². The Hall–Kier alpha value is -0.650. The highest BCUT2D eigenvalue weighted by atomic mass is 16.6. The van der Waals surface area contributed by atoms with Crippen molar-refractivity contribution < 1.29 is 24.5 Å². The molecule has 68 valence electrons. The molecule has 2 N–H and O–H groups in total. The molecule has 0 amide bonds. The van der Waals surface area contributed by atoms with Crippen LogP contribution in [-0.2, 0) is 14.3 Å². The fourth-order valence-electron chi connectivity index (χ4n) is 1.64. The van der Waals surface area contributed by atoms with E-state index in [-0.39, 0.29) is 25.1 Å². The summed E-state index contributed by atoms with van der Waals surface area (Å²) in [5.74, 6) is -0.347. The van der Waals surface area contributed by atoms with Crippen LogP contribution in [0, 0.1) is 0 Å². The van der Waals surface area contributed by atoms with Gasteiger partial charge in [-0.2, -0.15) is 0 Å². The van der Waals surface area contributed by atoms with E-state index >= 15 is 0 Å². The topological polar surface area (TPSA) is 76.0 Å². The van der Waals surface area contributed by atoms with Gasteiger partial charge in [0, 0.05) is 0 Å². The van der Waals surface area contributed by atoms with E-state index in [1.165, 1.54) is 0 Å². The van der Waals surface area contributed by atoms with Gasteiger partial charge in [-0.15, -0.1) is 0 Å². The van der Waals surface area contributed by atoms with Crippen molar-refractivity contribution in [2.45, 2.75) is 30.8 Å². The number of ether oxygens (including phenoxy) is 2. The fourth-order valence-corrected chi connectivity index (χ4v) is 1.64. The molecule has 0 aromatic rings. The molecule has 0 bridgehead atoms. The van der Waals surface area contributed by atoms with Gasteiger partial charge in [0.05, 0.1) is 13.0 Å². The van der Waals surface area contributed by atoms with Gasteiger partial charge >= 0.3 is 5.97 Å². The number of hydrogen-bond acceptors (Lipinski definition) is 5. The molecular formula is C7H10O5. The lowest BCUT2D eigenvalue weighted by molar-refractivity contribution is -0.146. The Balaban J connectivity index is 2.08. The standard InChI is InChI=1S/C7H10O5/c8-2-4-6(10)7-3(11-4)1-5(9)12-7/h3-4,6-8,10H,1-2H2/t3-,4-,6+,7+/m1/s1. The van der Waals surface area contributed by atoms with Crippen LogP contribution < -0.4 is 0 Å². The SMILES string of the molecule is O=C1C[C@H]2O[C@H](CO)[C@H](O)[C@H]2O1. The average molecular weight is 174 g/mol. The summed E-state index contributed by atoms with van der Waals surface area (Å²) in [7, 11) is 0. The molecule has 0 unspecified atom stereocenters. The lowest BCUT2D eigenvalue weighted by atomic mass is 10.1. The number of esters is 1. The zero-order valence-electron chi connectivity index (χ0n) is 6.34. The van der Waals surface area contributed by atoms with E-state index in [2.05, 4.69) is 0 Å². The van der Waals surface area contributed by atoms with E-state index in [0.29, 0.717) is 0 Å². The Morgan fingerprint density at radius 3 is 2.92 bits per heavy atom. The molecule has 2 saturated heterocycles. The summed E-state index contributed by atoms with van der Waals surface area (Å²) in [6.07, 6.45) is -2.25. The van der Waals surface area contributed by atoms with E-state index in [0.717, 1.165) is 0 Å². The summed E-state index contributed by atoms with van der Waals surface area (Å²) in [6, 6.07) is 0. The molecule has 0 saturated carbocycles. The molecule has 0 aromatic carbocycles. The minimum atomic E-state index is -0.883. The summed E-state index contributed by atoms with van der Waals surface area (Å²) in [6.45, 7) is -0.244. The predicted octanol–water partition coefficient (Wildman–Crippen LogP) is -1.58. The van der Waals surface area contributed by atoms with Crippen LogP contribution in [-0.4, -0.2) is 47.2 Å². The van der Waals surface area contributed by atoms with Crippen LogP contribution >= 0.6 is 0 Å². The molecule has 0 aliphatic carbocycles. The predicted molar refractivity (Wildman–Crippen MR) is 36.3 cm³/mol. The van der Waals surface area contributed by atoms with Crippen molar-refractivity contribution in [1.82, 2.24) is 0 Å². The molecular weight excluding hydrogens is 164 g/mol. The van der Waals surface area contributed by atoms with Crippen molar-refractivity contribution in [1.29, 1.82) is 0 Å². The van der Waals surface area contributed by atoms with E-state index < -0.39 is 18.3 Å². The maximum absolute atomic E-state index is 10.7. The molecule has 5 heteroatoms. The number of hydrogen-bond donors (Lipinski definition) is 2. The fraction of sp³-hybridized carbons (Fsp3) is 0.857. The van der Waals surface area contributed by atoms with E-state index in [4.69, 9.17) is 14.6 Å². The van der Waals surface area contributed by atoms with Gasteiger partial charge in [-0.25, -0.2) is 0 Å². The first kappa shape index (κ1) is 7.97. The second kappa shape index (κ2) is 2.69. The zero-order valence-corrected chi connectivity index (χ0v) is 6.34. The van der Waals surface area contributed by atoms with E-state index in [1.807, 2.05) is 0 Å². The van der Waals surface area contributed by atoms with Gasteiger partial charge in [0.2, 0.25) is 0 Å². The van der Waals surface area contributed by atoms with Gasteiger partial charge in [-0.05, 0) is 0 Å². The summed E-state index contributed by atoms with van der Waals surface area (Å²) in [4.78, 5) is 10.7. The summed E-state index contributed by atoms with van der Waals surface area (Å²) in [5, 5.41) is 18.1. The molecule has 2 aliphatic rings. The molecule has 0 spiro atoms. The number of carbonyl (C=O) groups is 1. The van der Waals surface area contributed by atoms with Gasteiger partial charge in [0.1, 0.15) is 18.3 Å². The molecule has 2 aliphatic heterocycles. The van der Waals surface area contributed by atoms with Crippen molar-refractivity contribution in [3.8, 4) is 0 Å². The van der Waals surface area contributed by atoms with Crippen LogP contribution in [0.4, 0.5) is 0 Å². The quantitative estimate of drug-likeness (QED) is 0.469. The lowest BCUT2D eigenvalue weighted by Crippen LogP contribution is -2.33. The Morgan fingerprint density at radius 2 is 2.33 bits per heavy atom. The Bertz CT molecular complexity index is 204. The van der Waals surface area contributed by atoms with Gasteiger partial charge in [0.25, 0.3) is 0 Å². The van der Waals surface area contributed by atoms with Crippen molar-refractivity contribution in [2.75, 3.05) is 6.61 Å². The van der Waals surface area contributed by atoms with Gasteiger partial charge < -0.3 is 19.7 Å². The van der Waals surface area contributed by atoms with Gasteiger partial charge in [-0.1, -0.05) is 0 Å². The van der Waals surface area contributed by atoms with Crippen molar-refractivity contribution in [3.05, 3.63) is 0 Å². The number of fused-ring (bicyclic) bond motifs is 1. The zero-order chi connectivity index (χ0) is 8.72. The maximum Gasteiger partial charge on any atom is 0.309 e. The van der Waals surface area contributed by atoms with Crippen LogP contribution in [0.25, 0.3) is 0 Å². The number of aliphatic hydroxyl groups is 2. The molecule has 2 rings (SSSR count). The highest BCUT2D eigenvalue weighted by molar-refractivity contribution is 5.72. The molecule has 4 atom stereocenters. The molecule has 0 aromatic heterocycles. The second-order valence-electron chi connectivity index (χ2n) is 3.04. The second-order valence-corrected chi connectivity index (χ2v) is 3.04. The third-order valence-electron chi connectivity index (χ3n) is 2.25. The third-order valence-corrected chi connectivity index (χ3v) is 2.25. The van der Waals surface area contributed by atoms with Crippen LogP contribution in [0.2, 0.25) is 0 Å². The lowest BCUT2D eigenvalue weighted by Gasteiger charge is -2.13. The van der Waals surface area contributed by atoms with Crippen molar-refractivity contribution >= 4 is 5.97 Å². The first-order valence-electron chi connectivity index (χ1n) is 3.86. The minimum absolute atomic E-state index is 0.179. The summed E-state index contributed by atoms with van der Waals surface area (Å²) < 4.78 is 9.98. The normalized spacial score (nSPS) is 46.0. The first-order chi connectivity index (χ1) is 5.72. The molecule has 2 fully saturated rings. The smallest absolute Gasteiger partial charge is 0.309 e. The monoisotopic (exact) mass is 174 g/mol. The Kier molecular flexibility index (Phi) is 1.79. The maximum atomic E-state index is 10.7. The average Bonchev–Trinajstić information content (AvgIpc) is 2.51. The molecule has 5 nitrogen and oxygen atoms in total. The number of aliphatic hydroxyl groups excluding tert-OH is 2. The molecule has 2 heterocycles. The highest BCUT2D eigenvalue weighted by Crippen LogP contribution is 2.31. The first-order valence-corrected chi connectivity index (χ1v) is 3.86. The van der Waals surface area contributed by atoms with Crippen molar-refractivity contribution in [2.24, 2.45) is 0 Å². The van der Waals surface area contributed by atoms with Gasteiger partial charge in [-0.3, -0.25) is 4.79 Å². The summed E-state index contributed by atoms with van der Waals surface area (Å²) in [5.41, 5.74) is 0. The van der Waals surface area contributed by atoms with E-state index in [1.54, 1.807) is 0 Å². The van der Waals surface area contributed by atoms with Gasteiger partial charge in [0.15, 0.2) is 6.10 Å². The number of rotatable bonds is 1. The highest BCUT2D eigenvalue weighted by Gasteiger charge is 2.50. The molecule has 12 heavy (non-hydrogen) atoms. The van der Waals surface area contributed by atoms with E-state index in [9.17, 15) is 9.90 Å². The van der Waals surface area contributed by atoms with Crippen LogP contribution in [0.3, 0.4) is 0 Å². The number of carbonyl (C=O) groups excluding carboxylic acids is 1. The summed E-state index contributed by atoms with van der Waals surface area (Å²) >= 11 is 0. The largest absolute Gasteiger partial charge is 0.457 e. The van der Waals surface area contributed by atoms with Crippen LogP contribution in [0.5, 0.6) is 0 Å². The minimum Gasteiger partial charge on any atom is -0.457 e. The van der Waals surface area contributed by atoms with Crippen LogP contribution in [0.1, 0.15) is 6.42 Å². The van der Waals surface area contributed by atoms with Crippen LogP contribution in [0.15, 0.2) is 0 Å². The Morgan fingerprint density at radius 1 is 1.58 bits per heavy atom.